The summed E-state index contributed by atoms with van der Waals surface area (Å²) in [5, 5.41) is 2.25. The molecule has 0 aliphatic carbocycles. The zero-order valence-electron chi connectivity index (χ0n) is 9.30. The predicted molar refractivity (Wildman–Crippen MR) is 56.2 cm³/mol. The van der Waals surface area contributed by atoms with Gasteiger partial charge in [0.1, 0.15) is 6.04 Å². The van der Waals surface area contributed by atoms with Crippen LogP contribution in [0.2, 0.25) is 0 Å². The van der Waals surface area contributed by atoms with Crippen LogP contribution in [0.25, 0.3) is 0 Å². The second-order valence-electron chi connectivity index (χ2n) is 3.60. The summed E-state index contributed by atoms with van der Waals surface area (Å²) < 4.78 is 37.4. The number of nitrogens with zero attached hydrogens (tertiary/aromatic N) is 1. The number of pyridine rings is 1. The highest BCUT2D eigenvalue weighted by atomic mass is 19.4. The molecule has 5 heteroatoms. The van der Waals surface area contributed by atoms with Crippen molar-refractivity contribution in [2.24, 2.45) is 0 Å². The van der Waals surface area contributed by atoms with Crippen molar-refractivity contribution in [3.05, 3.63) is 29.6 Å². The summed E-state index contributed by atoms with van der Waals surface area (Å²) in [6, 6.07) is 1.92. The molecule has 0 fully saturated rings. The third-order valence-electron chi connectivity index (χ3n) is 2.45. The molecule has 1 atom stereocenters. The van der Waals surface area contributed by atoms with Crippen LogP contribution in [-0.2, 0) is 12.8 Å². The molecule has 0 radical (unpaired) electrons. The Morgan fingerprint density at radius 3 is 2.44 bits per heavy atom. The number of aromatic nitrogens is 1. The Hall–Kier alpha value is -1.10. The molecule has 0 aromatic carbocycles. The van der Waals surface area contributed by atoms with Gasteiger partial charge in [-0.05, 0) is 25.1 Å². The van der Waals surface area contributed by atoms with Gasteiger partial charge >= 0.3 is 6.18 Å². The predicted octanol–water partition coefficient (Wildman–Crippen LogP) is 2.34. The fourth-order valence-electron chi connectivity index (χ4n) is 1.38. The molecule has 1 rings (SSSR count). The summed E-state index contributed by atoms with van der Waals surface area (Å²) in [5.41, 5.74) is 1.48. The van der Waals surface area contributed by atoms with Gasteiger partial charge in [-0.25, -0.2) is 0 Å². The fraction of sp³-hybridized carbons (Fsp3) is 0.545. The number of hydrogen-bond acceptors (Lipinski definition) is 2. The van der Waals surface area contributed by atoms with Gasteiger partial charge in [-0.15, -0.1) is 0 Å². The molecule has 0 amide bonds. The van der Waals surface area contributed by atoms with Crippen LogP contribution in [-0.4, -0.2) is 24.2 Å². The molecule has 1 unspecified atom stereocenters. The Bertz CT molecular complexity index is 319. The van der Waals surface area contributed by atoms with Crippen molar-refractivity contribution in [3.8, 4) is 0 Å². The second-order valence-corrected chi connectivity index (χ2v) is 3.60. The van der Waals surface area contributed by atoms with E-state index in [4.69, 9.17) is 0 Å². The van der Waals surface area contributed by atoms with Crippen molar-refractivity contribution in [3.63, 3.8) is 0 Å². The molecule has 1 aromatic heterocycles. The third kappa shape index (κ3) is 3.48. The minimum Gasteiger partial charge on any atom is -0.309 e. The SMILES string of the molecule is CCc1ccc(CC(NC)C(F)(F)F)nc1. The van der Waals surface area contributed by atoms with E-state index in [1.165, 1.54) is 7.05 Å². The maximum absolute atomic E-state index is 12.5. The van der Waals surface area contributed by atoms with Crippen molar-refractivity contribution >= 4 is 0 Å². The molecular formula is C11H15F3N2. The lowest BCUT2D eigenvalue weighted by molar-refractivity contribution is -0.154. The standard InChI is InChI=1S/C11H15F3N2/c1-3-8-4-5-9(16-7-8)6-10(15-2)11(12,13)14/h4-5,7,10,15H,3,6H2,1-2H3. The fourth-order valence-corrected chi connectivity index (χ4v) is 1.38. The smallest absolute Gasteiger partial charge is 0.309 e. The van der Waals surface area contributed by atoms with E-state index in [0.29, 0.717) is 5.69 Å². The zero-order chi connectivity index (χ0) is 12.2. The molecule has 0 bridgehead atoms. The lowest BCUT2D eigenvalue weighted by atomic mass is 10.1. The van der Waals surface area contributed by atoms with E-state index in [-0.39, 0.29) is 6.42 Å². The summed E-state index contributed by atoms with van der Waals surface area (Å²) in [6.07, 6.45) is -1.91. The number of aryl methyl sites for hydroxylation is 1. The Labute approximate surface area is 92.9 Å². The quantitative estimate of drug-likeness (QED) is 0.861. The summed E-state index contributed by atoms with van der Waals surface area (Å²) in [7, 11) is 1.30. The van der Waals surface area contributed by atoms with Gasteiger partial charge in [0, 0.05) is 18.3 Å². The van der Waals surface area contributed by atoms with E-state index in [0.717, 1.165) is 12.0 Å². The molecule has 2 nitrogen and oxygen atoms in total. The molecule has 1 heterocycles. The van der Waals surface area contributed by atoms with Gasteiger partial charge in [0.15, 0.2) is 0 Å². The first-order valence-corrected chi connectivity index (χ1v) is 5.15. The number of likely N-dealkylation sites (N-methyl/N-ethyl adjacent to an activating group) is 1. The van der Waals surface area contributed by atoms with E-state index in [2.05, 4.69) is 10.3 Å². The van der Waals surface area contributed by atoms with Crippen LogP contribution in [0.4, 0.5) is 13.2 Å². The van der Waals surface area contributed by atoms with Crippen LogP contribution < -0.4 is 5.32 Å². The van der Waals surface area contributed by atoms with Crippen LogP contribution in [0.3, 0.4) is 0 Å². The van der Waals surface area contributed by atoms with Crippen LogP contribution in [0.1, 0.15) is 18.2 Å². The molecular weight excluding hydrogens is 217 g/mol. The monoisotopic (exact) mass is 232 g/mol. The van der Waals surface area contributed by atoms with Gasteiger partial charge in [0.05, 0.1) is 0 Å². The normalized spacial score (nSPS) is 13.8. The molecule has 0 aliphatic rings. The van der Waals surface area contributed by atoms with Gasteiger partial charge in [0.25, 0.3) is 0 Å². The molecule has 90 valence electrons. The Morgan fingerprint density at radius 2 is 2.06 bits per heavy atom. The van der Waals surface area contributed by atoms with Crippen LogP contribution in [0.5, 0.6) is 0 Å². The van der Waals surface area contributed by atoms with Crippen LogP contribution in [0.15, 0.2) is 18.3 Å². The minimum absolute atomic E-state index is 0.135. The largest absolute Gasteiger partial charge is 0.404 e. The maximum Gasteiger partial charge on any atom is 0.404 e. The van der Waals surface area contributed by atoms with Crippen LogP contribution >= 0.6 is 0 Å². The summed E-state index contributed by atoms with van der Waals surface area (Å²) in [6.45, 7) is 1.98. The van der Waals surface area contributed by atoms with Crippen molar-refractivity contribution < 1.29 is 13.2 Å². The lowest BCUT2D eigenvalue weighted by Gasteiger charge is -2.19. The van der Waals surface area contributed by atoms with Gasteiger partial charge in [0.2, 0.25) is 0 Å². The minimum atomic E-state index is -4.24. The van der Waals surface area contributed by atoms with E-state index in [1.54, 1.807) is 12.3 Å². The van der Waals surface area contributed by atoms with Crippen LogP contribution in [0, 0.1) is 0 Å². The summed E-state index contributed by atoms with van der Waals surface area (Å²) >= 11 is 0. The van der Waals surface area contributed by atoms with E-state index < -0.39 is 12.2 Å². The first-order chi connectivity index (χ1) is 7.47. The average Bonchev–Trinajstić information content (AvgIpc) is 2.25. The van der Waals surface area contributed by atoms with Crippen molar-refractivity contribution in [1.82, 2.24) is 10.3 Å². The molecule has 0 saturated heterocycles. The molecule has 0 spiro atoms. The zero-order valence-corrected chi connectivity index (χ0v) is 9.30. The van der Waals surface area contributed by atoms with E-state index in [9.17, 15) is 13.2 Å². The Balaban J connectivity index is 2.71. The second kappa shape index (κ2) is 5.30. The highest BCUT2D eigenvalue weighted by molar-refractivity contribution is 5.14. The maximum atomic E-state index is 12.5. The Kier molecular flexibility index (Phi) is 4.29. The highest BCUT2D eigenvalue weighted by Crippen LogP contribution is 2.22. The average molecular weight is 232 g/mol. The van der Waals surface area contributed by atoms with Crippen molar-refractivity contribution in [2.45, 2.75) is 32.0 Å². The molecule has 0 aliphatic heterocycles. The number of hydrogen-bond donors (Lipinski definition) is 1. The lowest BCUT2D eigenvalue weighted by Crippen LogP contribution is -2.41. The molecule has 0 saturated carbocycles. The molecule has 1 N–H and O–H groups in total. The summed E-state index contributed by atoms with van der Waals surface area (Å²) in [4.78, 5) is 4.01. The number of alkyl halides is 3. The number of nitrogens with one attached hydrogen (secondary N) is 1. The van der Waals surface area contributed by atoms with Gasteiger partial charge in [-0.3, -0.25) is 4.98 Å². The molecule has 16 heavy (non-hydrogen) atoms. The van der Waals surface area contributed by atoms with Gasteiger partial charge in [-0.1, -0.05) is 13.0 Å². The van der Waals surface area contributed by atoms with Crippen molar-refractivity contribution in [2.75, 3.05) is 7.05 Å². The number of rotatable bonds is 4. The first-order valence-electron chi connectivity index (χ1n) is 5.15. The highest BCUT2D eigenvalue weighted by Gasteiger charge is 2.38. The van der Waals surface area contributed by atoms with E-state index in [1.807, 2.05) is 13.0 Å². The number of halogens is 3. The Morgan fingerprint density at radius 1 is 1.38 bits per heavy atom. The molecule has 1 aromatic rings. The van der Waals surface area contributed by atoms with E-state index >= 15 is 0 Å². The van der Waals surface area contributed by atoms with Gasteiger partial charge in [-0.2, -0.15) is 13.2 Å². The topological polar surface area (TPSA) is 24.9 Å². The van der Waals surface area contributed by atoms with Gasteiger partial charge < -0.3 is 5.32 Å². The summed E-state index contributed by atoms with van der Waals surface area (Å²) in [5.74, 6) is 0. The third-order valence-corrected chi connectivity index (χ3v) is 2.45. The first kappa shape index (κ1) is 13.0. The van der Waals surface area contributed by atoms with Crippen molar-refractivity contribution in [1.29, 1.82) is 0 Å².